The lowest BCUT2D eigenvalue weighted by atomic mass is 10.1. The van der Waals surface area contributed by atoms with Crippen molar-refractivity contribution in [3.63, 3.8) is 0 Å². The van der Waals surface area contributed by atoms with E-state index >= 15 is 0 Å². The van der Waals surface area contributed by atoms with Crippen molar-refractivity contribution in [2.45, 2.75) is 45.6 Å². The minimum Gasteiger partial charge on any atom is -0.360 e. The molecule has 25 heavy (non-hydrogen) atoms. The Hall–Kier alpha value is -1.45. The highest BCUT2D eigenvalue weighted by Crippen LogP contribution is 2.24. The molecular formula is C16H28N4O4S. The molecule has 0 spiro atoms. The van der Waals surface area contributed by atoms with Gasteiger partial charge in [-0.05, 0) is 26.7 Å². The number of piperazine rings is 1. The van der Waals surface area contributed by atoms with Crippen molar-refractivity contribution < 1.29 is 17.7 Å². The van der Waals surface area contributed by atoms with Gasteiger partial charge in [-0.15, -0.1) is 0 Å². The Labute approximate surface area is 149 Å². The van der Waals surface area contributed by atoms with E-state index in [1.807, 2.05) is 11.8 Å². The molecule has 1 N–H and O–H groups in total. The van der Waals surface area contributed by atoms with E-state index in [1.165, 1.54) is 4.31 Å². The summed E-state index contributed by atoms with van der Waals surface area (Å²) in [4.78, 5) is 14.2. The lowest BCUT2D eigenvalue weighted by Crippen LogP contribution is -2.52. The molecule has 142 valence electrons. The van der Waals surface area contributed by atoms with Gasteiger partial charge < -0.3 is 9.84 Å². The summed E-state index contributed by atoms with van der Waals surface area (Å²) in [6, 6.07) is 0.119. The summed E-state index contributed by atoms with van der Waals surface area (Å²) >= 11 is 0. The van der Waals surface area contributed by atoms with Crippen LogP contribution in [0, 0.1) is 19.8 Å². The van der Waals surface area contributed by atoms with Crippen molar-refractivity contribution in [3.05, 3.63) is 11.5 Å². The predicted molar refractivity (Wildman–Crippen MR) is 93.6 cm³/mol. The largest absolute Gasteiger partial charge is 0.360 e. The molecule has 1 aliphatic heterocycles. The minimum atomic E-state index is -3.61. The molecule has 1 saturated heterocycles. The van der Waals surface area contributed by atoms with Gasteiger partial charge in [0.2, 0.25) is 15.9 Å². The van der Waals surface area contributed by atoms with E-state index < -0.39 is 10.0 Å². The lowest BCUT2D eigenvalue weighted by molar-refractivity contribution is -0.123. The van der Waals surface area contributed by atoms with Gasteiger partial charge in [0.05, 0.1) is 6.54 Å². The summed E-state index contributed by atoms with van der Waals surface area (Å²) in [5, 5.41) is 6.70. The maximum Gasteiger partial charge on any atom is 0.248 e. The number of amides is 1. The second kappa shape index (κ2) is 7.84. The second-order valence-electron chi connectivity index (χ2n) is 6.93. The Bertz CT molecular complexity index is 686. The lowest BCUT2D eigenvalue weighted by Gasteiger charge is -2.33. The number of sulfonamides is 1. The van der Waals surface area contributed by atoms with Gasteiger partial charge in [0.1, 0.15) is 10.6 Å². The zero-order valence-electron chi connectivity index (χ0n) is 15.6. The fourth-order valence-electron chi connectivity index (χ4n) is 2.77. The second-order valence-corrected chi connectivity index (χ2v) is 8.81. The van der Waals surface area contributed by atoms with Crippen LogP contribution < -0.4 is 5.32 Å². The summed E-state index contributed by atoms with van der Waals surface area (Å²) in [7, 11) is -3.61. The van der Waals surface area contributed by atoms with Gasteiger partial charge in [-0.2, -0.15) is 4.31 Å². The van der Waals surface area contributed by atoms with E-state index in [1.54, 1.807) is 13.8 Å². The van der Waals surface area contributed by atoms with Crippen molar-refractivity contribution in [2.75, 3.05) is 32.7 Å². The van der Waals surface area contributed by atoms with Crippen molar-refractivity contribution in [1.29, 1.82) is 0 Å². The number of rotatable bonds is 6. The fourth-order valence-corrected chi connectivity index (χ4v) is 4.48. The molecule has 1 atom stereocenters. The molecule has 8 nitrogen and oxygen atoms in total. The van der Waals surface area contributed by atoms with Gasteiger partial charge in [0.25, 0.3) is 0 Å². The third-order valence-corrected chi connectivity index (χ3v) is 6.80. The quantitative estimate of drug-likeness (QED) is 0.792. The first kappa shape index (κ1) is 19.9. The first-order chi connectivity index (χ1) is 11.6. The number of carbonyl (C=O) groups is 1. The zero-order chi connectivity index (χ0) is 18.8. The number of hydrogen-bond donors (Lipinski definition) is 1. The molecule has 1 unspecified atom stereocenters. The maximum atomic E-state index is 12.8. The average Bonchev–Trinajstić information content (AvgIpc) is 2.87. The predicted octanol–water partition coefficient (Wildman–Crippen LogP) is 0.758. The molecule has 0 saturated carbocycles. The number of aryl methyl sites for hydroxylation is 2. The zero-order valence-corrected chi connectivity index (χ0v) is 16.4. The third kappa shape index (κ3) is 4.59. The van der Waals surface area contributed by atoms with Crippen LogP contribution in [0.15, 0.2) is 9.42 Å². The SMILES string of the molecule is Cc1noc(C)c1S(=O)(=O)N1CCN(CC(=O)NC(C)C(C)C)CC1. The Balaban J connectivity index is 1.92. The molecule has 1 aliphatic rings. The fraction of sp³-hybridized carbons (Fsp3) is 0.750. The molecule has 9 heteroatoms. The van der Waals surface area contributed by atoms with E-state index in [0.717, 1.165) is 0 Å². The Kier molecular flexibility index (Phi) is 6.23. The number of hydrogen-bond acceptors (Lipinski definition) is 6. The molecular weight excluding hydrogens is 344 g/mol. The number of carbonyl (C=O) groups excluding carboxylic acids is 1. The number of nitrogens with one attached hydrogen (secondary N) is 1. The van der Waals surface area contributed by atoms with Gasteiger partial charge in [-0.1, -0.05) is 19.0 Å². The molecule has 2 heterocycles. The van der Waals surface area contributed by atoms with Crippen LogP contribution in [-0.4, -0.2) is 67.5 Å². The average molecular weight is 372 g/mol. The molecule has 1 amide bonds. The molecule has 1 aromatic rings. The summed E-state index contributed by atoms with van der Waals surface area (Å²) in [6.07, 6.45) is 0. The Morgan fingerprint density at radius 3 is 2.28 bits per heavy atom. The van der Waals surface area contributed by atoms with E-state index in [9.17, 15) is 13.2 Å². The third-order valence-electron chi connectivity index (χ3n) is 4.65. The smallest absolute Gasteiger partial charge is 0.248 e. The van der Waals surface area contributed by atoms with Crippen molar-refractivity contribution in [1.82, 2.24) is 19.7 Å². The van der Waals surface area contributed by atoms with E-state index in [-0.39, 0.29) is 23.4 Å². The van der Waals surface area contributed by atoms with Gasteiger partial charge in [-0.25, -0.2) is 8.42 Å². The van der Waals surface area contributed by atoms with Crippen molar-refractivity contribution >= 4 is 15.9 Å². The van der Waals surface area contributed by atoms with Crippen LogP contribution in [0.2, 0.25) is 0 Å². The summed E-state index contributed by atoms with van der Waals surface area (Å²) in [5.41, 5.74) is 0.377. The van der Waals surface area contributed by atoms with Crippen LogP contribution in [0.3, 0.4) is 0 Å². The van der Waals surface area contributed by atoms with Crippen LogP contribution in [0.1, 0.15) is 32.2 Å². The standard InChI is InChI=1S/C16H28N4O4S/c1-11(2)12(3)17-15(21)10-19-6-8-20(9-7-19)25(22,23)16-13(4)18-24-14(16)5/h11-12H,6-10H2,1-5H3,(H,17,21). The van der Waals surface area contributed by atoms with Gasteiger partial charge in [0, 0.05) is 32.2 Å². The van der Waals surface area contributed by atoms with Gasteiger partial charge in [-0.3, -0.25) is 9.69 Å². The summed E-state index contributed by atoms with van der Waals surface area (Å²) in [6.45, 7) is 11.3. The molecule has 1 fully saturated rings. The summed E-state index contributed by atoms with van der Waals surface area (Å²) < 4.78 is 32.0. The highest BCUT2D eigenvalue weighted by Gasteiger charge is 2.33. The monoisotopic (exact) mass is 372 g/mol. The first-order valence-corrected chi connectivity index (χ1v) is 10.0. The molecule has 2 rings (SSSR count). The van der Waals surface area contributed by atoms with Gasteiger partial charge in [0.15, 0.2) is 5.76 Å². The van der Waals surface area contributed by atoms with Crippen LogP contribution in [0.25, 0.3) is 0 Å². The van der Waals surface area contributed by atoms with Crippen LogP contribution in [0.4, 0.5) is 0 Å². The topological polar surface area (TPSA) is 95.8 Å². The summed E-state index contributed by atoms with van der Waals surface area (Å²) in [5.74, 6) is 0.659. The van der Waals surface area contributed by atoms with Gasteiger partial charge >= 0.3 is 0 Å². The van der Waals surface area contributed by atoms with E-state index in [4.69, 9.17) is 4.52 Å². The molecule has 0 aliphatic carbocycles. The Morgan fingerprint density at radius 1 is 1.20 bits per heavy atom. The highest BCUT2D eigenvalue weighted by atomic mass is 32.2. The van der Waals surface area contributed by atoms with E-state index in [2.05, 4.69) is 24.3 Å². The maximum absolute atomic E-state index is 12.8. The van der Waals surface area contributed by atoms with Crippen molar-refractivity contribution in [3.8, 4) is 0 Å². The number of nitrogens with zero attached hydrogens (tertiary/aromatic N) is 3. The minimum absolute atomic E-state index is 0.0248. The molecule has 0 aromatic carbocycles. The molecule has 1 aromatic heterocycles. The van der Waals surface area contributed by atoms with Crippen molar-refractivity contribution in [2.24, 2.45) is 5.92 Å². The molecule has 0 radical (unpaired) electrons. The Morgan fingerprint density at radius 2 is 1.80 bits per heavy atom. The molecule has 0 bridgehead atoms. The van der Waals surface area contributed by atoms with E-state index in [0.29, 0.717) is 43.6 Å². The van der Waals surface area contributed by atoms with Crippen LogP contribution in [-0.2, 0) is 14.8 Å². The highest BCUT2D eigenvalue weighted by molar-refractivity contribution is 7.89. The number of aromatic nitrogens is 1. The first-order valence-electron chi connectivity index (χ1n) is 8.57. The normalized spacial score (nSPS) is 18.5. The van der Waals surface area contributed by atoms with Crippen LogP contribution in [0.5, 0.6) is 0 Å². The van der Waals surface area contributed by atoms with Crippen LogP contribution >= 0.6 is 0 Å².